The van der Waals surface area contributed by atoms with Crippen molar-refractivity contribution in [2.75, 3.05) is 6.54 Å². The maximum absolute atomic E-state index is 11.1. The maximum atomic E-state index is 11.1. The van der Waals surface area contributed by atoms with E-state index in [0.29, 0.717) is 24.7 Å². The molecular formula is C12H19NO4. The van der Waals surface area contributed by atoms with E-state index in [9.17, 15) is 14.9 Å². The molecule has 2 fully saturated rings. The molecule has 0 radical (unpaired) electrons. The summed E-state index contributed by atoms with van der Waals surface area (Å²) in [6.45, 7) is 1.10. The molecule has 3 atom stereocenters. The summed E-state index contributed by atoms with van der Waals surface area (Å²) < 4.78 is 5.32. The minimum absolute atomic E-state index is 0.237. The lowest BCUT2D eigenvalue weighted by Gasteiger charge is -2.24. The number of hydrogen-bond donors (Lipinski definition) is 0. The first-order valence-electron chi connectivity index (χ1n) is 6.32. The molecule has 0 saturated heterocycles. The second-order valence-corrected chi connectivity index (χ2v) is 5.48. The summed E-state index contributed by atoms with van der Waals surface area (Å²) in [4.78, 5) is 21.6. The lowest BCUT2D eigenvalue weighted by Crippen LogP contribution is -2.39. The number of ether oxygens (including phenoxy) is 1. The molecule has 0 aromatic carbocycles. The van der Waals surface area contributed by atoms with Gasteiger partial charge in [0.05, 0.1) is 0 Å². The first kappa shape index (κ1) is 12.3. The number of hydrogen-bond acceptors (Lipinski definition) is 4. The van der Waals surface area contributed by atoms with Crippen molar-refractivity contribution >= 4 is 5.97 Å². The molecule has 5 nitrogen and oxygen atoms in total. The average Bonchev–Trinajstić information content (AvgIpc) is 2.52. The van der Waals surface area contributed by atoms with E-state index in [1.54, 1.807) is 0 Å². The highest BCUT2D eigenvalue weighted by Crippen LogP contribution is 2.48. The van der Waals surface area contributed by atoms with Gasteiger partial charge in [-0.15, -0.1) is 0 Å². The zero-order chi connectivity index (χ0) is 12.5. The summed E-state index contributed by atoms with van der Waals surface area (Å²) >= 11 is 0. The SMILES string of the molecule is CC(=O)OC1(C[N+](=O)[O-])C[C@H]2CCCC[C@H]2C1. The predicted octanol–water partition coefficient (Wildman–Crippen LogP) is 2.17. The Balaban J connectivity index is 2.11. The van der Waals surface area contributed by atoms with Gasteiger partial charge < -0.3 is 4.74 Å². The summed E-state index contributed by atoms with van der Waals surface area (Å²) in [5.41, 5.74) is -0.824. The van der Waals surface area contributed by atoms with E-state index in [1.165, 1.54) is 19.8 Å². The van der Waals surface area contributed by atoms with Crippen LogP contribution in [0.3, 0.4) is 0 Å². The fraction of sp³-hybridized carbons (Fsp3) is 0.917. The zero-order valence-corrected chi connectivity index (χ0v) is 10.2. The lowest BCUT2D eigenvalue weighted by atomic mass is 9.82. The van der Waals surface area contributed by atoms with Crippen LogP contribution in [0.5, 0.6) is 0 Å². The number of carbonyl (C=O) groups is 1. The van der Waals surface area contributed by atoms with Crippen LogP contribution in [0.25, 0.3) is 0 Å². The third-order valence-corrected chi connectivity index (χ3v) is 4.11. The van der Waals surface area contributed by atoms with Gasteiger partial charge in [0.1, 0.15) is 0 Å². The average molecular weight is 241 g/mol. The van der Waals surface area contributed by atoms with E-state index in [-0.39, 0.29) is 11.5 Å². The fourth-order valence-electron chi connectivity index (χ4n) is 3.65. The first-order chi connectivity index (χ1) is 8.01. The monoisotopic (exact) mass is 241 g/mol. The Morgan fingerprint density at radius 2 is 1.88 bits per heavy atom. The molecule has 1 unspecified atom stereocenters. The molecule has 5 heteroatoms. The molecule has 0 aromatic rings. The van der Waals surface area contributed by atoms with Crippen LogP contribution in [0, 0.1) is 22.0 Å². The van der Waals surface area contributed by atoms with Gasteiger partial charge in [-0.1, -0.05) is 25.7 Å². The highest BCUT2D eigenvalue weighted by molar-refractivity contribution is 5.66. The third-order valence-electron chi connectivity index (χ3n) is 4.11. The van der Waals surface area contributed by atoms with Crippen LogP contribution >= 0.6 is 0 Å². The molecule has 2 aliphatic rings. The smallest absolute Gasteiger partial charge is 0.303 e. The van der Waals surface area contributed by atoms with Gasteiger partial charge in [-0.05, 0) is 24.7 Å². The Kier molecular flexibility index (Phi) is 3.35. The van der Waals surface area contributed by atoms with Gasteiger partial charge in [0.2, 0.25) is 6.54 Å². The van der Waals surface area contributed by atoms with Crippen molar-refractivity contribution in [3.8, 4) is 0 Å². The Morgan fingerprint density at radius 3 is 2.29 bits per heavy atom. The van der Waals surface area contributed by atoms with E-state index < -0.39 is 11.6 Å². The zero-order valence-electron chi connectivity index (χ0n) is 10.2. The number of esters is 1. The van der Waals surface area contributed by atoms with Crippen LogP contribution in [0.15, 0.2) is 0 Å². The Hall–Kier alpha value is -1.13. The van der Waals surface area contributed by atoms with Crippen LogP contribution < -0.4 is 0 Å². The minimum atomic E-state index is -0.824. The summed E-state index contributed by atoms with van der Waals surface area (Å²) in [7, 11) is 0. The summed E-state index contributed by atoms with van der Waals surface area (Å²) in [6.07, 6.45) is 6.03. The number of nitrogens with zero attached hydrogens (tertiary/aromatic N) is 1. The lowest BCUT2D eigenvalue weighted by molar-refractivity contribution is -0.500. The molecule has 96 valence electrons. The van der Waals surface area contributed by atoms with Crippen molar-refractivity contribution in [2.45, 2.75) is 51.0 Å². The normalized spacial score (nSPS) is 36.3. The molecule has 0 spiro atoms. The van der Waals surface area contributed by atoms with Crippen LogP contribution in [-0.4, -0.2) is 23.0 Å². The summed E-state index contributed by atoms with van der Waals surface area (Å²) in [5, 5.41) is 10.8. The molecule has 0 amide bonds. The van der Waals surface area contributed by atoms with E-state index in [1.807, 2.05) is 0 Å². The highest BCUT2D eigenvalue weighted by Gasteiger charge is 2.51. The van der Waals surface area contributed by atoms with Crippen LogP contribution in [0.4, 0.5) is 0 Å². The largest absolute Gasteiger partial charge is 0.452 e. The number of fused-ring (bicyclic) bond motifs is 1. The Morgan fingerprint density at radius 1 is 1.35 bits per heavy atom. The van der Waals surface area contributed by atoms with E-state index in [2.05, 4.69) is 0 Å². The number of rotatable bonds is 3. The van der Waals surface area contributed by atoms with E-state index in [0.717, 1.165) is 12.8 Å². The van der Waals surface area contributed by atoms with Crippen molar-refractivity contribution in [1.29, 1.82) is 0 Å². The van der Waals surface area contributed by atoms with Crippen molar-refractivity contribution in [3.05, 3.63) is 10.1 Å². The van der Waals surface area contributed by atoms with Crippen molar-refractivity contribution in [2.24, 2.45) is 11.8 Å². The standard InChI is InChI=1S/C12H19NO4/c1-9(14)17-12(8-13(15)16)6-10-4-2-3-5-11(10)7-12/h10-11H,2-8H2,1H3/t10-,11+,12?. The third kappa shape index (κ3) is 2.76. The quantitative estimate of drug-likeness (QED) is 0.431. The number of carbonyl (C=O) groups excluding carboxylic acids is 1. The van der Waals surface area contributed by atoms with Crippen molar-refractivity contribution < 1.29 is 14.5 Å². The molecule has 2 saturated carbocycles. The first-order valence-corrected chi connectivity index (χ1v) is 6.32. The van der Waals surface area contributed by atoms with Gasteiger partial charge >= 0.3 is 5.97 Å². The molecule has 0 aliphatic heterocycles. The van der Waals surface area contributed by atoms with Crippen LogP contribution in [0.1, 0.15) is 45.4 Å². The van der Waals surface area contributed by atoms with Gasteiger partial charge in [-0.3, -0.25) is 14.9 Å². The summed E-state index contributed by atoms with van der Waals surface area (Å²) in [6, 6.07) is 0. The highest BCUT2D eigenvalue weighted by atomic mass is 16.6. The van der Waals surface area contributed by atoms with Crippen LogP contribution in [-0.2, 0) is 9.53 Å². The Bertz CT molecular complexity index is 296. The topological polar surface area (TPSA) is 69.4 Å². The van der Waals surface area contributed by atoms with Gasteiger partial charge in [0, 0.05) is 11.8 Å². The van der Waals surface area contributed by atoms with E-state index in [4.69, 9.17) is 4.74 Å². The number of nitro groups is 1. The molecule has 0 N–H and O–H groups in total. The molecular weight excluding hydrogens is 222 g/mol. The molecule has 2 aliphatic carbocycles. The fourth-order valence-corrected chi connectivity index (χ4v) is 3.65. The minimum Gasteiger partial charge on any atom is -0.452 e. The van der Waals surface area contributed by atoms with Gasteiger partial charge in [-0.25, -0.2) is 0 Å². The van der Waals surface area contributed by atoms with Gasteiger partial charge in [0.25, 0.3) is 0 Å². The second-order valence-electron chi connectivity index (χ2n) is 5.48. The molecule has 2 rings (SSSR count). The molecule has 17 heavy (non-hydrogen) atoms. The van der Waals surface area contributed by atoms with E-state index >= 15 is 0 Å². The summed E-state index contributed by atoms with van der Waals surface area (Å²) in [5.74, 6) is 0.636. The predicted molar refractivity (Wildman–Crippen MR) is 61.0 cm³/mol. The van der Waals surface area contributed by atoms with Gasteiger partial charge in [0.15, 0.2) is 5.60 Å². The Labute approximate surface area is 101 Å². The van der Waals surface area contributed by atoms with Gasteiger partial charge in [-0.2, -0.15) is 0 Å². The van der Waals surface area contributed by atoms with Crippen LogP contribution in [0.2, 0.25) is 0 Å². The molecule has 0 heterocycles. The maximum Gasteiger partial charge on any atom is 0.303 e. The molecule has 0 bridgehead atoms. The second kappa shape index (κ2) is 4.63. The van der Waals surface area contributed by atoms with Crippen molar-refractivity contribution in [3.63, 3.8) is 0 Å². The van der Waals surface area contributed by atoms with Crippen molar-refractivity contribution in [1.82, 2.24) is 0 Å². The molecule has 0 aromatic heterocycles.